The van der Waals surface area contributed by atoms with Crippen molar-refractivity contribution in [3.05, 3.63) is 68.2 Å². The van der Waals surface area contributed by atoms with Crippen LogP contribution in [-0.2, 0) is 11.2 Å². The maximum Gasteiger partial charge on any atom is 0.326 e. The molecule has 2 aromatic heterocycles. The summed E-state index contributed by atoms with van der Waals surface area (Å²) < 4.78 is 38.7. The topological polar surface area (TPSA) is 100 Å². The van der Waals surface area contributed by atoms with E-state index in [4.69, 9.17) is 9.47 Å². The molecule has 10 heteroatoms. The van der Waals surface area contributed by atoms with E-state index < -0.39 is 23.2 Å². The number of aromatic amines is 2. The van der Waals surface area contributed by atoms with Gasteiger partial charge in [-0.15, -0.1) is 0 Å². The van der Waals surface area contributed by atoms with Crippen LogP contribution in [0, 0.1) is 5.82 Å². The minimum Gasteiger partial charge on any atom is -0.468 e. The van der Waals surface area contributed by atoms with E-state index in [0.29, 0.717) is 17.9 Å². The number of H-pyrrole nitrogens is 2. The lowest BCUT2D eigenvalue weighted by Crippen LogP contribution is -2.34. The smallest absolute Gasteiger partial charge is 0.326 e. The van der Waals surface area contributed by atoms with Crippen molar-refractivity contribution in [2.24, 2.45) is 0 Å². The van der Waals surface area contributed by atoms with Crippen molar-refractivity contribution in [1.82, 2.24) is 19.9 Å². The third-order valence-electron chi connectivity index (χ3n) is 7.85. The van der Waals surface area contributed by atoms with Crippen molar-refractivity contribution in [2.45, 2.75) is 44.3 Å². The molecule has 4 aromatic rings. The first kappa shape index (κ1) is 24.7. The Bertz CT molecular complexity index is 1680. The lowest BCUT2D eigenvalue weighted by Gasteiger charge is -2.25. The van der Waals surface area contributed by atoms with Crippen molar-refractivity contribution in [3.63, 3.8) is 0 Å². The number of nitrogens with zero attached hydrogens (tertiary/aromatic N) is 2. The van der Waals surface area contributed by atoms with Crippen LogP contribution in [0.2, 0.25) is 0 Å². The minimum absolute atomic E-state index is 0.0206. The van der Waals surface area contributed by atoms with Crippen molar-refractivity contribution in [1.29, 1.82) is 0 Å². The van der Waals surface area contributed by atoms with Gasteiger partial charge in [-0.3, -0.25) is 19.7 Å². The summed E-state index contributed by atoms with van der Waals surface area (Å²) >= 11 is 0. The number of halogens is 2. The number of benzene rings is 2. The lowest BCUT2D eigenvalue weighted by atomic mass is 9.97. The second-order valence-electron chi connectivity index (χ2n) is 10.5. The molecular formula is C28H28F2N4O4. The molecule has 198 valence electrons. The first-order valence-electron chi connectivity index (χ1n) is 12.7. The number of methoxy groups -OCH3 is 1. The van der Waals surface area contributed by atoms with Crippen molar-refractivity contribution >= 4 is 21.7 Å². The first-order chi connectivity index (χ1) is 18.3. The Morgan fingerprint density at radius 2 is 2.08 bits per heavy atom. The zero-order valence-electron chi connectivity index (χ0n) is 21.2. The minimum atomic E-state index is -0.775. The van der Waals surface area contributed by atoms with Gasteiger partial charge < -0.3 is 14.5 Å². The Kier molecular flexibility index (Phi) is 6.03. The number of pyridine rings is 1. The summed E-state index contributed by atoms with van der Waals surface area (Å²) in [5.41, 5.74) is 1.51. The molecule has 2 aliphatic heterocycles. The maximum atomic E-state index is 15.3. The average molecular weight is 523 g/mol. The lowest BCUT2D eigenvalue weighted by molar-refractivity contribution is 0.0512. The highest BCUT2D eigenvalue weighted by Gasteiger charge is 2.44. The van der Waals surface area contributed by atoms with Gasteiger partial charge in [0.1, 0.15) is 17.6 Å². The molecule has 0 amide bonds. The molecule has 2 aromatic carbocycles. The van der Waals surface area contributed by atoms with Gasteiger partial charge in [0.2, 0.25) is 0 Å². The maximum absolute atomic E-state index is 15.3. The Morgan fingerprint density at radius 3 is 2.87 bits per heavy atom. The molecule has 2 saturated heterocycles. The van der Waals surface area contributed by atoms with Gasteiger partial charge in [0.15, 0.2) is 12.6 Å². The van der Waals surface area contributed by atoms with E-state index in [1.54, 1.807) is 6.07 Å². The second-order valence-corrected chi connectivity index (χ2v) is 10.5. The molecule has 0 radical (unpaired) electrons. The van der Waals surface area contributed by atoms with E-state index in [9.17, 15) is 14.0 Å². The van der Waals surface area contributed by atoms with Crippen LogP contribution < -0.4 is 16.0 Å². The fourth-order valence-corrected chi connectivity index (χ4v) is 5.93. The normalized spacial score (nSPS) is 21.7. The van der Waals surface area contributed by atoms with Gasteiger partial charge in [0.25, 0.3) is 5.56 Å². The van der Waals surface area contributed by atoms with E-state index in [2.05, 4.69) is 26.8 Å². The van der Waals surface area contributed by atoms with Gasteiger partial charge in [-0.25, -0.2) is 13.6 Å². The molecule has 2 fully saturated rings. The molecule has 38 heavy (non-hydrogen) atoms. The highest BCUT2D eigenvalue weighted by Crippen LogP contribution is 2.43. The molecule has 0 bridgehead atoms. The van der Waals surface area contributed by atoms with Gasteiger partial charge in [0, 0.05) is 31.0 Å². The molecule has 2 N–H and O–H groups in total. The summed E-state index contributed by atoms with van der Waals surface area (Å²) in [6.45, 7) is 4.05. The van der Waals surface area contributed by atoms with Gasteiger partial charge in [-0.05, 0) is 73.2 Å². The van der Waals surface area contributed by atoms with E-state index in [1.807, 2.05) is 18.2 Å². The molecule has 1 unspecified atom stereocenters. The fourth-order valence-electron chi connectivity index (χ4n) is 5.93. The van der Waals surface area contributed by atoms with Crippen LogP contribution in [-0.4, -0.2) is 58.6 Å². The summed E-state index contributed by atoms with van der Waals surface area (Å²) in [7, 11) is 1.51. The van der Waals surface area contributed by atoms with Crippen LogP contribution in [0.3, 0.4) is 0 Å². The van der Waals surface area contributed by atoms with Crippen LogP contribution in [0.1, 0.15) is 37.3 Å². The van der Waals surface area contributed by atoms with E-state index in [1.165, 1.54) is 31.7 Å². The zero-order valence-corrected chi connectivity index (χ0v) is 21.2. The summed E-state index contributed by atoms with van der Waals surface area (Å²) in [4.78, 5) is 34.5. The van der Waals surface area contributed by atoms with E-state index in [0.717, 1.165) is 35.7 Å². The number of hydrogen-bond acceptors (Lipinski definition) is 6. The Balaban J connectivity index is 0.000000221. The Labute approximate surface area is 216 Å². The largest absolute Gasteiger partial charge is 0.468 e. The monoisotopic (exact) mass is 522 g/mol. The number of fused-ring (bicyclic) bond motifs is 5. The van der Waals surface area contributed by atoms with E-state index >= 15 is 4.39 Å². The van der Waals surface area contributed by atoms with Gasteiger partial charge in [-0.1, -0.05) is 12.1 Å². The van der Waals surface area contributed by atoms with Gasteiger partial charge in [0.05, 0.1) is 10.9 Å². The highest BCUT2D eigenvalue weighted by molar-refractivity contribution is 6.03. The predicted octanol–water partition coefficient (Wildman–Crippen LogP) is 4.04. The van der Waals surface area contributed by atoms with Gasteiger partial charge in [-0.2, -0.15) is 0 Å². The van der Waals surface area contributed by atoms with Crippen molar-refractivity contribution in [2.75, 3.05) is 27.0 Å². The van der Waals surface area contributed by atoms with Crippen LogP contribution in [0.4, 0.5) is 8.78 Å². The van der Waals surface area contributed by atoms with E-state index in [-0.39, 0.29) is 28.9 Å². The van der Waals surface area contributed by atoms with Crippen LogP contribution >= 0.6 is 0 Å². The molecule has 0 saturated carbocycles. The number of hydrogen-bond donors (Lipinski definition) is 2. The summed E-state index contributed by atoms with van der Waals surface area (Å²) in [6.07, 6.45) is 4.79. The summed E-state index contributed by atoms with van der Waals surface area (Å²) in [6, 6.07) is 7.54. The molecule has 3 aliphatic rings. The molecule has 1 aliphatic carbocycles. The predicted molar refractivity (Wildman–Crippen MR) is 140 cm³/mol. The van der Waals surface area contributed by atoms with Crippen molar-refractivity contribution in [3.8, 4) is 17.0 Å². The number of rotatable bonds is 4. The SMILES string of the molecule is COCOc1cc(-c2ncc3c(=O)[nH]c(=O)[nH]c3c2F)c2c3c(ccc2c1)C3.C[C@@]12CCCN1CC(F)C2. The second kappa shape index (κ2) is 9.28. The molecule has 0 spiro atoms. The summed E-state index contributed by atoms with van der Waals surface area (Å²) in [5, 5.41) is 1.76. The van der Waals surface area contributed by atoms with Crippen LogP contribution in [0.25, 0.3) is 32.9 Å². The number of nitrogens with one attached hydrogen (secondary N) is 2. The molecule has 8 nitrogen and oxygen atoms in total. The van der Waals surface area contributed by atoms with Gasteiger partial charge >= 0.3 is 5.69 Å². The third-order valence-corrected chi connectivity index (χ3v) is 7.85. The molecular weight excluding hydrogens is 494 g/mol. The number of alkyl halides is 1. The Hall–Kier alpha value is -3.63. The molecule has 2 atom stereocenters. The van der Waals surface area contributed by atoms with Crippen LogP contribution in [0.5, 0.6) is 5.75 Å². The fraction of sp³-hybridized carbons (Fsp3) is 0.393. The summed E-state index contributed by atoms with van der Waals surface area (Å²) in [5.74, 6) is -0.255. The highest BCUT2D eigenvalue weighted by atomic mass is 19.1. The average Bonchev–Trinajstić information content (AvgIpc) is 3.51. The number of ether oxygens (including phenoxy) is 2. The standard InChI is InChI=1S/C20H14FN3O4.C8H14FN/c1-27-8-28-11-4-10-3-2-9-5-12(9)15(10)13(6-11)17-16(21)18-14(7-22-17)19(25)24-20(26)23-18;1-8-3-2-4-10(8)6-7(9)5-8/h2-4,6-7H,5,8H2,1H3,(H2,23,24,25,26);7H,2-6H2,1H3/t;7?,8-/m.0/s1. The first-order valence-corrected chi connectivity index (χ1v) is 12.7. The van der Waals surface area contributed by atoms with Crippen molar-refractivity contribution < 1.29 is 18.3 Å². The Morgan fingerprint density at radius 1 is 1.24 bits per heavy atom. The van der Waals surface area contributed by atoms with Crippen LogP contribution in [0.15, 0.2) is 40.1 Å². The molecule has 7 rings (SSSR count). The molecule has 4 heterocycles. The number of aromatic nitrogens is 3. The quantitative estimate of drug-likeness (QED) is 0.346. The zero-order chi connectivity index (χ0) is 26.6. The third kappa shape index (κ3) is 4.27.